The Morgan fingerprint density at radius 1 is 1.19 bits per heavy atom. The average Bonchev–Trinajstić information content (AvgIpc) is 3.23. The number of rotatable bonds is 5. The van der Waals surface area contributed by atoms with Crippen LogP contribution in [0.4, 0.5) is 0 Å². The summed E-state index contributed by atoms with van der Waals surface area (Å²) in [6.07, 6.45) is 5.64. The van der Waals surface area contributed by atoms with Crippen molar-refractivity contribution in [2.45, 2.75) is 33.4 Å². The van der Waals surface area contributed by atoms with Crippen LogP contribution < -0.4 is 5.32 Å². The summed E-state index contributed by atoms with van der Waals surface area (Å²) >= 11 is 0. The van der Waals surface area contributed by atoms with E-state index in [0.29, 0.717) is 13.2 Å². The molecule has 0 amide bonds. The molecule has 31 heavy (non-hydrogen) atoms. The monoisotopic (exact) mass is 418 g/mol. The molecule has 3 heterocycles. The van der Waals surface area contributed by atoms with Gasteiger partial charge in [0.25, 0.3) is 0 Å². The number of aryl methyl sites for hydroxylation is 2. The van der Waals surface area contributed by atoms with Gasteiger partial charge in [-0.05, 0) is 43.5 Å². The van der Waals surface area contributed by atoms with Gasteiger partial charge in [0.2, 0.25) is 0 Å². The van der Waals surface area contributed by atoms with Crippen molar-refractivity contribution in [2.24, 2.45) is 4.99 Å². The van der Waals surface area contributed by atoms with Crippen LogP contribution in [0.2, 0.25) is 0 Å². The van der Waals surface area contributed by atoms with Gasteiger partial charge in [-0.1, -0.05) is 30.3 Å². The molecule has 1 fully saturated rings. The van der Waals surface area contributed by atoms with Crippen LogP contribution >= 0.6 is 0 Å². The molecule has 0 spiro atoms. The van der Waals surface area contributed by atoms with Gasteiger partial charge in [0.15, 0.2) is 5.96 Å². The molecule has 4 rings (SSSR count). The Hall–Kier alpha value is -3.19. The molecule has 1 aliphatic heterocycles. The molecule has 1 unspecified atom stereocenters. The first-order chi connectivity index (χ1) is 15.2. The molecule has 1 N–H and O–H groups in total. The zero-order chi connectivity index (χ0) is 21.6. The molecule has 1 atom stereocenters. The van der Waals surface area contributed by atoms with Gasteiger partial charge in [-0.3, -0.25) is 4.57 Å². The number of benzene rings is 1. The molecule has 162 valence electrons. The minimum atomic E-state index is 0.0539. The summed E-state index contributed by atoms with van der Waals surface area (Å²) in [6.45, 7) is 9.89. The number of morpholine rings is 1. The summed E-state index contributed by atoms with van der Waals surface area (Å²) in [5.74, 6) is 2.70. The molecule has 2 aromatic heterocycles. The topological polar surface area (TPSA) is 67.6 Å². The standard InChI is InChI=1S/C24H30N6O/c1-4-25-24(29-13-14-31-22(17-29)21-8-6-5-7-18(21)2)28-16-20-9-10-23(27-15-20)30-12-11-26-19(30)3/h5-12,15,22H,4,13-14,16-17H2,1-3H3,(H,25,28). The fourth-order valence-corrected chi connectivity index (χ4v) is 3.84. The minimum absolute atomic E-state index is 0.0539. The normalized spacial score (nSPS) is 17.1. The van der Waals surface area contributed by atoms with Crippen molar-refractivity contribution in [3.63, 3.8) is 0 Å². The Morgan fingerprint density at radius 3 is 2.77 bits per heavy atom. The van der Waals surface area contributed by atoms with Crippen LogP contribution in [-0.4, -0.2) is 51.6 Å². The number of ether oxygens (including phenoxy) is 1. The molecular weight excluding hydrogens is 388 g/mol. The summed E-state index contributed by atoms with van der Waals surface area (Å²) in [7, 11) is 0. The van der Waals surface area contributed by atoms with Crippen molar-refractivity contribution in [3.05, 3.63) is 77.5 Å². The van der Waals surface area contributed by atoms with E-state index in [-0.39, 0.29) is 6.10 Å². The first-order valence-electron chi connectivity index (χ1n) is 10.8. The minimum Gasteiger partial charge on any atom is -0.370 e. The third-order valence-corrected chi connectivity index (χ3v) is 5.53. The fraction of sp³-hybridized carbons (Fsp3) is 0.375. The van der Waals surface area contributed by atoms with E-state index in [9.17, 15) is 0 Å². The van der Waals surface area contributed by atoms with E-state index in [0.717, 1.165) is 42.8 Å². The molecule has 0 radical (unpaired) electrons. The first kappa shape index (κ1) is 21.1. The van der Waals surface area contributed by atoms with Crippen molar-refractivity contribution >= 4 is 5.96 Å². The van der Waals surface area contributed by atoms with E-state index >= 15 is 0 Å². The van der Waals surface area contributed by atoms with Crippen molar-refractivity contribution < 1.29 is 4.74 Å². The van der Waals surface area contributed by atoms with Crippen LogP contribution in [-0.2, 0) is 11.3 Å². The summed E-state index contributed by atoms with van der Waals surface area (Å²) < 4.78 is 8.05. The molecule has 0 bridgehead atoms. The lowest BCUT2D eigenvalue weighted by Gasteiger charge is -2.35. The number of hydrogen-bond acceptors (Lipinski definition) is 4. The number of aliphatic imine (C=N–C) groups is 1. The van der Waals surface area contributed by atoms with Gasteiger partial charge in [-0.25, -0.2) is 15.0 Å². The second-order valence-corrected chi connectivity index (χ2v) is 7.70. The second-order valence-electron chi connectivity index (χ2n) is 7.70. The Balaban J connectivity index is 1.46. The maximum atomic E-state index is 6.08. The van der Waals surface area contributed by atoms with Crippen LogP contribution in [0, 0.1) is 13.8 Å². The smallest absolute Gasteiger partial charge is 0.194 e. The molecule has 1 saturated heterocycles. The van der Waals surface area contributed by atoms with E-state index in [2.05, 4.69) is 64.4 Å². The molecule has 1 aliphatic rings. The summed E-state index contributed by atoms with van der Waals surface area (Å²) in [4.78, 5) is 16.0. The summed E-state index contributed by atoms with van der Waals surface area (Å²) in [5, 5.41) is 3.44. The number of nitrogens with one attached hydrogen (secondary N) is 1. The van der Waals surface area contributed by atoms with Crippen molar-refractivity contribution in [2.75, 3.05) is 26.2 Å². The van der Waals surface area contributed by atoms with Crippen molar-refractivity contribution in [3.8, 4) is 5.82 Å². The van der Waals surface area contributed by atoms with Gasteiger partial charge in [0.1, 0.15) is 17.7 Å². The van der Waals surface area contributed by atoms with Gasteiger partial charge < -0.3 is 15.0 Å². The molecular formula is C24H30N6O. The SMILES string of the molecule is CCNC(=NCc1ccc(-n2ccnc2C)nc1)N1CCOC(c2ccccc2C)C1. The third kappa shape index (κ3) is 4.94. The number of nitrogens with zero attached hydrogens (tertiary/aromatic N) is 5. The highest BCUT2D eigenvalue weighted by Crippen LogP contribution is 2.25. The predicted octanol–water partition coefficient (Wildman–Crippen LogP) is 3.42. The van der Waals surface area contributed by atoms with Gasteiger partial charge in [-0.2, -0.15) is 0 Å². The highest BCUT2D eigenvalue weighted by atomic mass is 16.5. The Bertz CT molecular complexity index is 1030. The van der Waals surface area contributed by atoms with Crippen LogP contribution in [0.1, 0.15) is 35.5 Å². The highest BCUT2D eigenvalue weighted by molar-refractivity contribution is 5.80. The van der Waals surface area contributed by atoms with Gasteiger partial charge in [0.05, 0.1) is 19.7 Å². The van der Waals surface area contributed by atoms with Gasteiger partial charge in [0, 0.05) is 31.7 Å². The highest BCUT2D eigenvalue weighted by Gasteiger charge is 2.25. The molecule has 7 heteroatoms. The molecule has 3 aromatic rings. The maximum absolute atomic E-state index is 6.08. The van der Waals surface area contributed by atoms with Crippen LogP contribution in [0.15, 0.2) is 60.0 Å². The lowest BCUT2D eigenvalue weighted by molar-refractivity contribution is -0.00834. The lowest BCUT2D eigenvalue weighted by Crippen LogP contribution is -2.48. The number of pyridine rings is 1. The van der Waals surface area contributed by atoms with Gasteiger partial charge >= 0.3 is 0 Å². The zero-order valence-corrected chi connectivity index (χ0v) is 18.5. The van der Waals surface area contributed by atoms with Crippen molar-refractivity contribution in [1.82, 2.24) is 24.8 Å². The molecule has 0 saturated carbocycles. The fourth-order valence-electron chi connectivity index (χ4n) is 3.84. The zero-order valence-electron chi connectivity index (χ0n) is 18.5. The van der Waals surface area contributed by atoms with Crippen LogP contribution in [0.3, 0.4) is 0 Å². The third-order valence-electron chi connectivity index (χ3n) is 5.53. The summed E-state index contributed by atoms with van der Waals surface area (Å²) in [6, 6.07) is 12.5. The Kier molecular flexibility index (Phi) is 6.62. The predicted molar refractivity (Wildman–Crippen MR) is 122 cm³/mol. The van der Waals surface area contributed by atoms with Gasteiger partial charge in [-0.15, -0.1) is 0 Å². The number of hydrogen-bond donors (Lipinski definition) is 1. The number of guanidine groups is 1. The average molecular weight is 419 g/mol. The first-order valence-corrected chi connectivity index (χ1v) is 10.8. The largest absolute Gasteiger partial charge is 0.370 e. The van der Waals surface area contributed by atoms with Crippen LogP contribution in [0.25, 0.3) is 5.82 Å². The lowest BCUT2D eigenvalue weighted by atomic mass is 10.0. The van der Waals surface area contributed by atoms with E-state index in [1.165, 1.54) is 11.1 Å². The number of imidazole rings is 1. The maximum Gasteiger partial charge on any atom is 0.194 e. The Labute approximate surface area is 183 Å². The Morgan fingerprint density at radius 2 is 2.06 bits per heavy atom. The second kappa shape index (κ2) is 9.75. The van der Waals surface area contributed by atoms with E-state index < -0.39 is 0 Å². The van der Waals surface area contributed by atoms with Crippen LogP contribution in [0.5, 0.6) is 0 Å². The van der Waals surface area contributed by atoms with E-state index in [4.69, 9.17) is 9.73 Å². The quantitative estimate of drug-likeness (QED) is 0.508. The summed E-state index contributed by atoms with van der Waals surface area (Å²) in [5.41, 5.74) is 3.58. The van der Waals surface area contributed by atoms with E-state index in [1.54, 1.807) is 6.20 Å². The molecule has 0 aliphatic carbocycles. The molecule has 7 nitrogen and oxygen atoms in total. The van der Waals surface area contributed by atoms with E-state index in [1.807, 2.05) is 30.0 Å². The van der Waals surface area contributed by atoms with Crippen molar-refractivity contribution in [1.29, 1.82) is 0 Å². The molecule has 1 aromatic carbocycles. The number of aromatic nitrogens is 3.